The molecular formula is C16H28O2. The minimum atomic E-state index is -0.488. The van der Waals surface area contributed by atoms with Gasteiger partial charge in [-0.3, -0.25) is 4.79 Å². The molecule has 0 bridgehead atoms. The first-order valence-corrected chi connectivity index (χ1v) is 7.19. The monoisotopic (exact) mass is 252 g/mol. The Morgan fingerprint density at radius 3 is 2.28 bits per heavy atom. The standard InChI is InChI=1S/C16H28O2/c1-7-13(5)15(6,11-12(3)4)14(17)18-16(8-2)9-10-16/h11,13H,7-10H2,1-6H3. The van der Waals surface area contributed by atoms with Crippen LogP contribution in [0.1, 0.15) is 67.2 Å². The molecule has 0 saturated heterocycles. The van der Waals surface area contributed by atoms with Gasteiger partial charge in [-0.15, -0.1) is 0 Å². The predicted octanol–water partition coefficient (Wildman–Crippen LogP) is 4.49. The van der Waals surface area contributed by atoms with Gasteiger partial charge in [0.15, 0.2) is 0 Å². The van der Waals surface area contributed by atoms with Crippen LogP contribution in [0, 0.1) is 11.3 Å². The molecule has 2 nitrogen and oxygen atoms in total. The van der Waals surface area contributed by atoms with E-state index in [1.165, 1.54) is 5.57 Å². The Kier molecular flexibility index (Phi) is 4.63. The Labute approximate surface area is 112 Å². The third-order valence-corrected chi connectivity index (χ3v) is 4.43. The van der Waals surface area contributed by atoms with E-state index in [1.54, 1.807) is 0 Å². The molecule has 2 atom stereocenters. The van der Waals surface area contributed by atoms with Crippen molar-refractivity contribution in [2.75, 3.05) is 0 Å². The number of ether oxygens (including phenoxy) is 1. The molecular weight excluding hydrogens is 224 g/mol. The minimum absolute atomic E-state index is 0.0441. The van der Waals surface area contributed by atoms with Crippen molar-refractivity contribution in [1.29, 1.82) is 0 Å². The van der Waals surface area contributed by atoms with Gasteiger partial charge in [0, 0.05) is 0 Å². The second kappa shape index (κ2) is 5.46. The van der Waals surface area contributed by atoms with Gasteiger partial charge < -0.3 is 4.74 Å². The molecule has 0 aromatic rings. The van der Waals surface area contributed by atoms with Crippen molar-refractivity contribution >= 4 is 5.97 Å². The second-order valence-electron chi connectivity index (χ2n) is 6.24. The van der Waals surface area contributed by atoms with Gasteiger partial charge in [0.05, 0.1) is 5.41 Å². The van der Waals surface area contributed by atoms with E-state index in [-0.39, 0.29) is 11.6 Å². The number of allylic oxidation sites excluding steroid dienone is 1. The number of esters is 1. The molecule has 2 heteroatoms. The van der Waals surface area contributed by atoms with Crippen LogP contribution < -0.4 is 0 Å². The van der Waals surface area contributed by atoms with Crippen molar-refractivity contribution in [3.8, 4) is 0 Å². The van der Waals surface area contributed by atoms with Gasteiger partial charge in [-0.1, -0.05) is 38.8 Å². The van der Waals surface area contributed by atoms with Gasteiger partial charge in [0.25, 0.3) is 0 Å². The average Bonchev–Trinajstić information content (AvgIpc) is 3.07. The van der Waals surface area contributed by atoms with E-state index in [0.29, 0.717) is 5.92 Å². The first-order chi connectivity index (χ1) is 8.29. The molecule has 1 saturated carbocycles. The van der Waals surface area contributed by atoms with Crippen molar-refractivity contribution in [3.63, 3.8) is 0 Å². The van der Waals surface area contributed by atoms with E-state index in [2.05, 4.69) is 26.8 Å². The molecule has 0 aliphatic heterocycles. The molecule has 1 rings (SSSR count). The molecule has 0 N–H and O–H groups in total. The SMILES string of the molecule is CCC(C)C(C)(C=C(C)C)C(=O)OC1(CC)CC1. The fourth-order valence-electron chi connectivity index (χ4n) is 2.40. The van der Waals surface area contributed by atoms with E-state index >= 15 is 0 Å². The van der Waals surface area contributed by atoms with Crippen LogP contribution in [0.4, 0.5) is 0 Å². The van der Waals surface area contributed by atoms with E-state index in [9.17, 15) is 4.79 Å². The van der Waals surface area contributed by atoms with Crippen molar-refractivity contribution < 1.29 is 9.53 Å². The van der Waals surface area contributed by atoms with Crippen LogP contribution in [0.25, 0.3) is 0 Å². The lowest BCUT2D eigenvalue weighted by atomic mass is 9.75. The van der Waals surface area contributed by atoms with Crippen LogP contribution in [-0.4, -0.2) is 11.6 Å². The van der Waals surface area contributed by atoms with Crippen LogP contribution in [-0.2, 0) is 9.53 Å². The molecule has 0 aromatic heterocycles. The van der Waals surface area contributed by atoms with Gasteiger partial charge in [-0.25, -0.2) is 0 Å². The maximum atomic E-state index is 12.5. The molecule has 1 fully saturated rings. The summed E-state index contributed by atoms with van der Waals surface area (Å²) in [5.41, 5.74) is 0.552. The van der Waals surface area contributed by atoms with Crippen LogP contribution in [0.3, 0.4) is 0 Å². The zero-order chi connectivity index (χ0) is 14.0. The topological polar surface area (TPSA) is 26.3 Å². The van der Waals surface area contributed by atoms with Gasteiger partial charge in [-0.05, 0) is 46.0 Å². The first-order valence-electron chi connectivity index (χ1n) is 7.19. The van der Waals surface area contributed by atoms with Gasteiger partial charge in [-0.2, -0.15) is 0 Å². The smallest absolute Gasteiger partial charge is 0.316 e. The Bertz CT molecular complexity index is 335. The minimum Gasteiger partial charge on any atom is -0.458 e. The number of hydrogen-bond acceptors (Lipinski definition) is 2. The Morgan fingerprint density at radius 1 is 1.39 bits per heavy atom. The summed E-state index contributed by atoms with van der Waals surface area (Å²) >= 11 is 0. The summed E-state index contributed by atoms with van der Waals surface area (Å²) in [6.07, 6.45) is 6.05. The lowest BCUT2D eigenvalue weighted by molar-refractivity contribution is -0.162. The van der Waals surface area contributed by atoms with Crippen LogP contribution >= 0.6 is 0 Å². The van der Waals surface area contributed by atoms with Crippen molar-refractivity contribution in [3.05, 3.63) is 11.6 Å². The molecule has 18 heavy (non-hydrogen) atoms. The van der Waals surface area contributed by atoms with Crippen molar-refractivity contribution in [2.24, 2.45) is 11.3 Å². The van der Waals surface area contributed by atoms with E-state index in [1.807, 2.05) is 20.8 Å². The molecule has 1 aliphatic carbocycles. The maximum Gasteiger partial charge on any atom is 0.316 e. The summed E-state index contributed by atoms with van der Waals surface area (Å²) < 4.78 is 5.80. The van der Waals surface area contributed by atoms with Crippen LogP contribution in [0.15, 0.2) is 11.6 Å². The van der Waals surface area contributed by atoms with E-state index < -0.39 is 5.41 Å². The average molecular weight is 252 g/mol. The van der Waals surface area contributed by atoms with Gasteiger partial charge in [0.2, 0.25) is 0 Å². The zero-order valence-corrected chi connectivity index (χ0v) is 12.8. The highest BCUT2D eigenvalue weighted by atomic mass is 16.6. The maximum absolute atomic E-state index is 12.5. The van der Waals surface area contributed by atoms with E-state index in [4.69, 9.17) is 4.74 Å². The molecule has 0 spiro atoms. The second-order valence-corrected chi connectivity index (χ2v) is 6.24. The zero-order valence-electron chi connectivity index (χ0n) is 12.8. The fraction of sp³-hybridized carbons (Fsp3) is 0.812. The Hall–Kier alpha value is -0.790. The number of carbonyl (C=O) groups excluding carboxylic acids is 1. The first kappa shape index (κ1) is 15.3. The van der Waals surface area contributed by atoms with E-state index in [0.717, 1.165) is 25.7 Å². The van der Waals surface area contributed by atoms with Crippen molar-refractivity contribution in [1.82, 2.24) is 0 Å². The molecule has 1 aliphatic rings. The molecule has 104 valence electrons. The van der Waals surface area contributed by atoms with Gasteiger partial charge >= 0.3 is 5.97 Å². The predicted molar refractivity (Wildman–Crippen MR) is 75.3 cm³/mol. The summed E-state index contributed by atoms with van der Waals surface area (Å²) in [7, 11) is 0. The lowest BCUT2D eigenvalue weighted by Gasteiger charge is -2.32. The molecule has 0 heterocycles. The lowest BCUT2D eigenvalue weighted by Crippen LogP contribution is -2.37. The van der Waals surface area contributed by atoms with Crippen LogP contribution in [0.2, 0.25) is 0 Å². The quantitative estimate of drug-likeness (QED) is 0.514. The Balaban J connectivity index is 2.89. The normalized spacial score (nSPS) is 21.7. The molecule has 0 radical (unpaired) electrons. The summed E-state index contributed by atoms with van der Waals surface area (Å²) in [6.45, 7) is 12.5. The third kappa shape index (κ3) is 3.15. The summed E-state index contributed by atoms with van der Waals surface area (Å²) in [6, 6.07) is 0. The summed E-state index contributed by atoms with van der Waals surface area (Å²) in [5, 5.41) is 0. The van der Waals surface area contributed by atoms with Crippen LogP contribution in [0.5, 0.6) is 0 Å². The largest absolute Gasteiger partial charge is 0.458 e. The molecule has 0 amide bonds. The number of rotatable bonds is 6. The summed E-state index contributed by atoms with van der Waals surface area (Å²) in [5.74, 6) is 0.255. The summed E-state index contributed by atoms with van der Waals surface area (Å²) in [4.78, 5) is 12.5. The number of hydrogen-bond donors (Lipinski definition) is 0. The van der Waals surface area contributed by atoms with Crippen molar-refractivity contribution in [2.45, 2.75) is 72.8 Å². The fourth-order valence-corrected chi connectivity index (χ4v) is 2.40. The molecule has 2 unspecified atom stereocenters. The third-order valence-electron chi connectivity index (χ3n) is 4.43. The number of carbonyl (C=O) groups is 1. The van der Waals surface area contributed by atoms with Gasteiger partial charge in [0.1, 0.15) is 5.60 Å². The highest BCUT2D eigenvalue weighted by Crippen LogP contribution is 2.45. The highest BCUT2D eigenvalue weighted by molar-refractivity contribution is 5.80. The highest BCUT2D eigenvalue weighted by Gasteiger charge is 2.49. The molecule has 0 aromatic carbocycles. The Morgan fingerprint density at radius 2 is 1.94 bits per heavy atom.